The third-order valence-corrected chi connectivity index (χ3v) is 2.74. The summed E-state index contributed by atoms with van der Waals surface area (Å²) in [6.07, 6.45) is 1.17. The molecule has 0 aliphatic heterocycles. The van der Waals surface area contributed by atoms with E-state index in [0.29, 0.717) is 0 Å². The molecular formula is C6H4F3N5O3S. The number of nitrogens with zero attached hydrogens (tertiary/aromatic N) is 4. The van der Waals surface area contributed by atoms with Crippen LogP contribution in [-0.2, 0) is 10.1 Å². The molecule has 0 fully saturated rings. The van der Waals surface area contributed by atoms with Gasteiger partial charge in [-0.05, 0) is 6.07 Å². The lowest BCUT2D eigenvalue weighted by Crippen LogP contribution is -2.28. The Morgan fingerprint density at radius 1 is 1.33 bits per heavy atom. The molecule has 0 aliphatic rings. The van der Waals surface area contributed by atoms with Crippen molar-refractivity contribution in [2.24, 2.45) is 0 Å². The van der Waals surface area contributed by atoms with Crippen LogP contribution < -0.4 is 9.92 Å². The Balaban J connectivity index is 2.52. The lowest BCUT2D eigenvalue weighted by atomic mass is 10.5. The molecule has 0 radical (unpaired) electrons. The lowest BCUT2D eigenvalue weighted by Gasteiger charge is -2.09. The number of anilines is 1. The number of aromatic nitrogens is 4. The third kappa shape index (κ3) is 1.90. The Kier molecular flexibility index (Phi) is 2.53. The first-order chi connectivity index (χ1) is 8.22. The summed E-state index contributed by atoms with van der Waals surface area (Å²) in [6, 6.07) is 1.17. The van der Waals surface area contributed by atoms with Crippen molar-refractivity contribution in [3.63, 3.8) is 0 Å². The largest absolute Gasteiger partial charge is 0.534 e. The van der Waals surface area contributed by atoms with Crippen molar-refractivity contribution in [1.29, 1.82) is 0 Å². The first-order valence-electron chi connectivity index (χ1n) is 4.19. The van der Waals surface area contributed by atoms with Gasteiger partial charge in [0.25, 0.3) is 5.88 Å². The lowest BCUT2D eigenvalue weighted by molar-refractivity contribution is -0.0501. The van der Waals surface area contributed by atoms with Crippen LogP contribution in [0.4, 0.5) is 19.1 Å². The quantitative estimate of drug-likeness (QED) is 0.606. The molecule has 12 heteroatoms. The first kappa shape index (κ1) is 12.3. The molecule has 0 unspecified atom stereocenters. The molecule has 0 amide bonds. The van der Waals surface area contributed by atoms with Crippen LogP contribution >= 0.6 is 0 Å². The molecule has 0 saturated carbocycles. The van der Waals surface area contributed by atoms with Crippen LogP contribution in [0.15, 0.2) is 12.3 Å². The highest BCUT2D eigenvalue weighted by molar-refractivity contribution is 7.88. The van der Waals surface area contributed by atoms with Crippen LogP contribution in [-0.4, -0.2) is 33.7 Å². The normalized spacial score (nSPS) is 12.8. The Morgan fingerprint density at radius 3 is 2.61 bits per heavy atom. The molecule has 2 aromatic heterocycles. The van der Waals surface area contributed by atoms with Gasteiger partial charge in [-0.2, -0.15) is 31.2 Å². The van der Waals surface area contributed by atoms with Gasteiger partial charge in [-0.3, -0.25) is 0 Å². The molecule has 0 aliphatic carbocycles. The van der Waals surface area contributed by atoms with Crippen molar-refractivity contribution < 1.29 is 25.8 Å². The fourth-order valence-corrected chi connectivity index (χ4v) is 1.47. The number of nitrogen functional groups attached to an aromatic ring is 1. The maximum absolute atomic E-state index is 12.1. The van der Waals surface area contributed by atoms with E-state index in [0.717, 1.165) is 4.52 Å². The predicted octanol–water partition coefficient (Wildman–Crippen LogP) is -0.0651. The Bertz CT molecular complexity index is 694. The standard InChI is InChI=1S/C6H4F3N5O3S/c7-6(8,9)18(15,16)17-4-3-1-2-11-14(3)5(10)13-12-4/h1-2H,(H2,10,13). The maximum atomic E-state index is 12.1. The van der Waals surface area contributed by atoms with E-state index >= 15 is 0 Å². The number of halogens is 3. The summed E-state index contributed by atoms with van der Waals surface area (Å²) in [7, 11) is -5.82. The topological polar surface area (TPSA) is 112 Å². The minimum Gasteiger partial charge on any atom is -0.366 e. The van der Waals surface area contributed by atoms with Gasteiger partial charge in [0, 0.05) is 0 Å². The van der Waals surface area contributed by atoms with Crippen LogP contribution in [0.25, 0.3) is 5.52 Å². The van der Waals surface area contributed by atoms with Gasteiger partial charge in [-0.25, -0.2) is 0 Å². The number of hydrogen-bond acceptors (Lipinski definition) is 7. The number of rotatable bonds is 2. The zero-order valence-electron chi connectivity index (χ0n) is 8.29. The molecule has 2 aromatic rings. The summed E-state index contributed by atoms with van der Waals surface area (Å²) in [5.74, 6) is -1.09. The zero-order valence-corrected chi connectivity index (χ0v) is 9.10. The van der Waals surface area contributed by atoms with Crippen molar-refractivity contribution in [1.82, 2.24) is 19.8 Å². The Morgan fingerprint density at radius 2 is 2.00 bits per heavy atom. The van der Waals surface area contributed by atoms with Gasteiger partial charge in [-0.1, -0.05) is 0 Å². The second-order valence-electron chi connectivity index (χ2n) is 2.97. The molecule has 8 nitrogen and oxygen atoms in total. The summed E-state index contributed by atoms with van der Waals surface area (Å²) in [6.45, 7) is 0. The monoisotopic (exact) mass is 283 g/mol. The molecule has 0 aromatic carbocycles. The second-order valence-corrected chi connectivity index (χ2v) is 4.51. The molecular weight excluding hydrogens is 279 g/mol. The van der Waals surface area contributed by atoms with E-state index in [4.69, 9.17) is 5.73 Å². The van der Waals surface area contributed by atoms with Crippen molar-refractivity contribution >= 4 is 21.6 Å². The second kappa shape index (κ2) is 3.69. The average molecular weight is 283 g/mol. The van der Waals surface area contributed by atoms with Crippen LogP contribution in [0.5, 0.6) is 5.88 Å². The summed E-state index contributed by atoms with van der Waals surface area (Å²) in [5, 5.41) is 9.96. The predicted molar refractivity (Wildman–Crippen MR) is 50.8 cm³/mol. The molecule has 98 valence electrons. The number of fused-ring (bicyclic) bond motifs is 1. The highest BCUT2D eigenvalue weighted by Gasteiger charge is 2.49. The van der Waals surface area contributed by atoms with E-state index in [1.165, 1.54) is 12.3 Å². The first-order valence-corrected chi connectivity index (χ1v) is 5.60. The number of hydrogen-bond donors (Lipinski definition) is 1. The smallest absolute Gasteiger partial charge is 0.366 e. The van der Waals surface area contributed by atoms with E-state index in [1.54, 1.807) is 0 Å². The molecule has 18 heavy (non-hydrogen) atoms. The molecule has 2 rings (SSSR count). The van der Waals surface area contributed by atoms with Crippen molar-refractivity contribution in [3.8, 4) is 5.88 Å². The summed E-state index contributed by atoms with van der Waals surface area (Å²) in [4.78, 5) is 0. The van der Waals surface area contributed by atoms with Crippen LogP contribution in [0.2, 0.25) is 0 Å². The van der Waals surface area contributed by atoms with Crippen LogP contribution in [0.1, 0.15) is 0 Å². The van der Waals surface area contributed by atoms with E-state index in [2.05, 4.69) is 19.5 Å². The molecule has 0 bridgehead atoms. The van der Waals surface area contributed by atoms with Gasteiger partial charge in [0.2, 0.25) is 5.95 Å². The fraction of sp³-hybridized carbons (Fsp3) is 0.167. The van der Waals surface area contributed by atoms with Crippen molar-refractivity contribution in [2.45, 2.75) is 5.51 Å². The maximum Gasteiger partial charge on any atom is 0.534 e. The average Bonchev–Trinajstić information content (AvgIpc) is 2.70. The van der Waals surface area contributed by atoms with Gasteiger partial charge in [-0.15, -0.1) is 10.2 Å². The Hall–Kier alpha value is -2.11. The van der Waals surface area contributed by atoms with Gasteiger partial charge in [0.15, 0.2) is 0 Å². The van der Waals surface area contributed by atoms with Gasteiger partial charge >= 0.3 is 15.6 Å². The molecule has 2 heterocycles. The molecule has 2 N–H and O–H groups in total. The van der Waals surface area contributed by atoms with E-state index in [9.17, 15) is 21.6 Å². The van der Waals surface area contributed by atoms with Crippen LogP contribution in [0.3, 0.4) is 0 Å². The molecule has 0 saturated heterocycles. The van der Waals surface area contributed by atoms with Crippen molar-refractivity contribution in [2.75, 3.05) is 5.73 Å². The highest BCUT2D eigenvalue weighted by atomic mass is 32.2. The molecule has 0 spiro atoms. The number of nitrogens with two attached hydrogens (primary N) is 1. The van der Waals surface area contributed by atoms with E-state index in [-0.39, 0.29) is 11.5 Å². The van der Waals surface area contributed by atoms with Crippen LogP contribution in [0, 0.1) is 0 Å². The zero-order chi connectivity index (χ0) is 13.6. The van der Waals surface area contributed by atoms with Gasteiger partial charge in [0.05, 0.1) is 6.20 Å². The summed E-state index contributed by atoms with van der Waals surface area (Å²) < 4.78 is 62.7. The van der Waals surface area contributed by atoms with E-state index in [1.807, 2.05) is 0 Å². The Labute approximate surface area is 97.3 Å². The minimum atomic E-state index is -5.82. The van der Waals surface area contributed by atoms with E-state index < -0.39 is 21.5 Å². The SMILES string of the molecule is Nc1nnc(OS(=O)(=O)C(F)(F)F)c2ccnn12. The third-order valence-electron chi connectivity index (χ3n) is 1.79. The molecule has 0 atom stereocenters. The van der Waals surface area contributed by atoms with Gasteiger partial charge in [0.1, 0.15) is 5.52 Å². The summed E-state index contributed by atoms with van der Waals surface area (Å²) >= 11 is 0. The van der Waals surface area contributed by atoms with Gasteiger partial charge < -0.3 is 9.92 Å². The fourth-order valence-electron chi connectivity index (χ4n) is 1.05. The minimum absolute atomic E-state index is 0.157. The highest BCUT2D eigenvalue weighted by Crippen LogP contribution is 2.27. The number of alkyl halides is 3. The van der Waals surface area contributed by atoms with Crippen molar-refractivity contribution in [3.05, 3.63) is 12.3 Å². The summed E-state index contributed by atoms with van der Waals surface area (Å²) in [5.41, 5.74) is -0.401.